The molecule has 3 heterocycles. The second-order valence-corrected chi connectivity index (χ2v) is 6.03. The Balaban J connectivity index is 1.54. The maximum atomic E-state index is 12.2. The maximum absolute atomic E-state index is 12.2. The van der Waals surface area contributed by atoms with Gasteiger partial charge in [0.2, 0.25) is 5.91 Å². The summed E-state index contributed by atoms with van der Waals surface area (Å²) in [5, 5.41) is 11.0. The van der Waals surface area contributed by atoms with Crippen molar-refractivity contribution in [3.63, 3.8) is 0 Å². The number of likely N-dealkylation sites (N-methyl/N-ethyl adjacent to an activating group) is 1. The van der Waals surface area contributed by atoms with E-state index in [0.29, 0.717) is 12.6 Å². The number of rotatable bonds is 5. The van der Waals surface area contributed by atoms with Gasteiger partial charge >= 0.3 is 0 Å². The summed E-state index contributed by atoms with van der Waals surface area (Å²) in [6.45, 7) is 2.19. The van der Waals surface area contributed by atoms with E-state index in [2.05, 4.69) is 30.3 Å². The van der Waals surface area contributed by atoms with Gasteiger partial charge in [-0.2, -0.15) is 5.10 Å². The second kappa shape index (κ2) is 7.83. The summed E-state index contributed by atoms with van der Waals surface area (Å²) in [6, 6.07) is 7.84. The molecule has 2 aromatic rings. The zero-order valence-electron chi connectivity index (χ0n) is 13.8. The average molecular weight is 326 g/mol. The molecule has 1 atom stereocenters. The molecule has 0 aliphatic carbocycles. The topological polar surface area (TPSA) is 74.2 Å². The number of hydrogen-bond acceptors (Lipinski definition) is 6. The third-order valence-corrected chi connectivity index (χ3v) is 4.24. The second-order valence-electron chi connectivity index (χ2n) is 6.03. The summed E-state index contributed by atoms with van der Waals surface area (Å²) >= 11 is 0. The van der Waals surface area contributed by atoms with Crippen LogP contribution in [0.4, 0.5) is 11.5 Å². The molecule has 7 heteroatoms. The van der Waals surface area contributed by atoms with E-state index in [4.69, 9.17) is 0 Å². The van der Waals surface area contributed by atoms with Crippen LogP contribution in [-0.2, 0) is 4.79 Å². The first-order valence-electron chi connectivity index (χ1n) is 8.15. The number of nitrogens with one attached hydrogen (secondary N) is 1. The summed E-state index contributed by atoms with van der Waals surface area (Å²) in [6.07, 6.45) is 7.17. The number of nitrogens with zero attached hydrogens (tertiary/aromatic N) is 5. The summed E-state index contributed by atoms with van der Waals surface area (Å²) < 4.78 is 0. The Labute approximate surface area is 141 Å². The standard InChI is InChI=1S/C17H22N6O/c1-22(13-17(24)20-14-5-2-8-18-11-14)15-6-4-10-23(12-15)16-7-3-9-19-21-16/h2-3,5,7-9,11,15H,4,6,10,12-13H2,1H3,(H,20,24)/t15-/m0/s1. The largest absolute Gasteiger partial charge is 0.354 e. The van der Waals surface area contributed by atoms with Crippen molar-refractivity contribution in [3.8, 4) is 0 Å². The molecule has 0 radical (unpaired) electrons. The van der Waals surface area contributed by atoms with Crippen LogP contribution in [0.1, 0.15) is 12.8 Å². The molecule has 1 aliphatic heterocycles. The third kappa shape index (κ3) is 4.26. The molecule has 1 fully saturated rings. The van der Waals surface area contributed by atoms with Gasteiger partial charge < -0.3 is 10.2 Å². The summed E-state index contributed by atoms with van der Waals surface area (Å²) in [5.41, 5.74) is 0.723. The van der Waals surface area contributed by atoms with Crippen LogP contribution in [0.5, 0.6) is 0 Å². The molecule has 0 saturated carbocycles. The zero-order valence-corrected chi connectivity index (χ0v) is 13.8. The van der Waals surface area contributed by atoms with Crippen molar-refractivity contribution in [2.75, 3.05) is 36.9 Å². The molecule has 3 rings (SSSR count). The highest BCUT2D eigenvalue weighted by Gasteiger charge is 2.25. The van der Waals surface area contributed by atoms with Gasteiger partial charge in [0.15, 0.2) is 5.82 Å². The fourth-order valence-electron chi connectivity index (χ4n) is 2.98. The fourth-order valence-corrected chi connectivity index (χ4v) is 2.98. The normalized spacial score (nSPS) is 17.8. The van der Waals surface area contributed by atoms with Crippen LogP contribution in [0.2, 0.25) is 0 Å². The van der Waals surface area contributed by atoms with Crippen molar-refractivity contribution in [1.29, 1.82) is 0 Å². The van der Waals surface area contributed by atoms with Crippen LogP contribution in [-0.4, -0.2) is 58.7 Å². The highest BCUT2D eigenvalue weighted by atomic mass is 16.2. The van der Waals surface area contributed by atoms with Gasteiger partial charge in [0.1, 0.15) is 0 Å². The van der Waals surface area contributed by atoms with Gasteiger partial charge in [-0.1, -0.05) is 0 Å². The van der Waals surface area contributed by atoms with E-state index in [1.54, 1.807) is 24.7 Å². The lowest BCUT2D eigenvalue weighted by molar-refractivity contribution is -0.117. The average Bonchev–Trinajstić information content (AvgIpc) is 2.63. The number of hydrogen-bond donors (Lipinski definition) is 1. The van der Waals surface area contributed by atoms with Crippen LogP contribution < -0.4 is 10.2 Å². The number of piperidine rings is 1. The maximum Gasteiger partial charge on any atom is 0.238 e. The van der Waals surface area contributed by atoms with Gasteiger partial charge in [-0.3, -0.25) is 14.7 Å². The smallest absolute Gasteiger partial charge is 0.238 e. The summed E-state index contributed by atoms with van der Waals surface area (Å²) in [4.78, 5) is 20.5. The molecule has 0 spiro atoms. The molecular formula is C17H22N6O. The van der Waals surface area contributed by atoms with E-state index < -0.39 is 0 Å². The Morgan fingerprint density at radius 2 is 2.25 bits per heavy atom. The summed E-state index contributed by atoms with van der Waals surface area (Å²) in [5.74, 6) is 0.873. The van der Waals surface area contributed by atoms with E-state index in [9.17, 15) is 4.79 Å². The van der Waals surface area contributed by atoms with Gasteiger partial charge in [-0.15, -0.1) is 5.10 Å². The van der Waals surface area contributed by atoms with Gasteiger partial charge in [-0.25, -0.2) is 0 Å². The molecule has 2 aromatic heterocycles. The number of pyridine rings is 1. The van der Waals surface area contributed by atoms with Crippen LogP contribution in [0, 0.1) is 0 Å². The fraction of sp³-hybridized carbons (Fsp3) is 0.412. The highest BCUT2D eigenvalue weighted by Crippen LogP contribution is 2.19. The minimum atomic E-state index is -0.0258. The molecule has 0 aromatic carbocycles. The molecule has 126 valence electrons. The van der Waals surface area contributed by atoms with Crippen LogP contribution in [0.15, 0.2) is 42.9 Å². The Morgan fingerprint density at radius 1 is 1.38 bits per heavy atom. The predicted octanol–water partition coefficient (Wildman–Crippen LogP) is 1.41. The molecule has 7 nitrogen and oxygen atoms in total. The number of aromatic nitrogens is 3. The predicted molar refractivity (Wildman–Crippen MR) is 92.8 cm³/mol. The van der Waals surface area contributed by atoms with Gasteiger partial charge in [0, 0.05) is 31.5 Å². The number of amides is 1. The number of anilines is 2. The molecule has 1 saturated heterocycles. The first-order valence-corrected chi connectivity index (χ1v) is 8.15. The molecular weight excluding hydrogens is 304 g/mol. The minimum Gasteiger partial charge on any atom is -0.354 e. The van der Waals surface area contributed by atoms with E-state index in [1.807, 2.05) is 25.2 Å². The summed E-state index contributed by atoms with van der Waals surface area (Å²) in [7, 11) is 1.99. The van der Waals surface area contributed by atoms with Crippen molar-refractivity contribution in [2.24, 2.45) is 0 Å². The van der Waals surface area contributed by atoms with Crippen LogP contribution in [0.25, 0.3) is 0 Å². The first kappa shape index (κ1) is 16.3. The van der Waals surface area contributed by atoms with Crippen molar-refractivity contribution < 1.29 is 4.79 Å². The van der Waals surface area contributed by atoms with Crippen LogP contribution in [0.3, 0.4) is 0 Å². The van der Waals surface area contributed by atoms with E-state index >= 15 is 0 Å². The Morgan fingerprint density at radius 3 is 3.00 bits per heavy atom. The number of carbonyl (C=O) groups is 1. The zero-order chi connectivity index (χ0) is 16.8. The van der Waals surface area contributed by atoms with E-state index in [1.165, 1.54) is 0 Å². The Bertz CT molecular complexity index is 651. The molecule has 1 N–H and O–H groups in total. The Hall–Kier alpha value is -2.54. The van der Waals surface area contributed by atoms with Crippen LogP contribution >= 0.6 is 0 Å². The van der Waals surface area contributed by atoms with Gasteiger partial charge in [0.25, 0.3) is 0 Å². The molecule has 1 amide bonds. The van der Waals surface area contributed by atoms with Crippen molar-refractivity contribution in [3.05, 3.63) is 42.9 Å². The quantitative estimate of drug-likeness (QED) is 0.895. The molecule has 0 bridgehead atoms. The van der Waals surface area contributed by atoms with Crippen molar-refractivity contribution >= 4 is 17.4 Å². The minimum absolute atomic E-state index is 0.0258. The lowest BCUT2D eigenvalue weighted by Crippen LogP contribution is -2.48. The van der Waals surface area contributed by atoms with E-state index in [0.717, 1.165) is 37.4 Å². The molecule has 1 aliphatic rings. The molecule has 0 unspecified atom stereocenters. The van der Waals surface area contributed by atoms with Crippen molar-refractivity contribution in [1.82, 2.24) is 20.1 Å². The van der Waals surface area contributed by atoms with E-state index in [-0.39, 0.29) is 5.91 Å². The Kier molecular flexibility index (Phi) is 5.32. The SMILES string of the molecule is CN(CC(=O)Nc1cccnc1)[C@H]1CCCN(c2cccnn2)C1. The first-order chi connectivity index (χ1) is 11.7. The lowest BCUT2D eigenvalue weighted by atomic mass is 10.0. The van der Waals surface area contributed by atoms with Gasteiger partial charge in [-0.05, 0) is 44.2 Å². The van der Waals surface area contributed by atoms with Gasteiger partial charge in [0.05, 0.1) is 18.4 Å². The van der Waals surface area contributed by atoms with Crippen molar-refractivity contribution in [2.45, 2.75) is 18.9 Å². The third-order valence-electron chi connectivity index (χ3n) is 4.24. The molecule has 24 heavy (non-hydrogen) atoms. The monoisotopic (exact) mass is 326 g/mol. The number of carbonyl (C=O) groups excluding carboxylic acids is 1. The lowest BCUT2D eigenvalue weighted by Gasteiger charge is -2.37. The highest BCUT2D eigenvalue weighted by molar-refractivity contribution is 5.92.